The molecular formula is C8H11N5O2. The Hall–Kier alpha value is -1.89. The summed E-state index contributed by atoms with van der Waals surface area (Å²) in [6.45, 7) is 0.000463. The van der Waals surface area contributed by atoms with Crippen LogP contribution in [-0.2, 0) is 20.8 Å². The average molecular weight is 209 g/mol. The van der Waals surface area contributed by atoms with Crippen molar-refractivity contribution in [3.05, 3.63) is 27.2 Å². The number of nitrogens with two attached hydrogens (primary N) is 1. The van der Waals surface area contributed by atoms with Gasteiger partial charge in [-0.3, -0.25) is 13.9 Å². The van der Waals surface area contributed by atoms with E-state index in [2.05, 4.69) is 4.98 Å². The number of rotatable bonds is 1. The summed E-state index contributed by atoms with van der Waals surface area (Å²) in [5, 5.41) is 0. The lowest BCUT2D eigenvalue weighted by Crippen LogP contribution is -2.39. The summed E-state index contributed by atoms with van der Waals surface area (Å²) < 4.78 is 3.86. The first kappa shape index (κ1) is 9.66. The molecule has 2 rings (SSSR count). The third kappa shape index (κ3) is 1.13. The van der Waals surface area contributed by atoms with Crippen LogP contribution >= 0.6 is 0 Å². The molecule has 0 aliphatic carbocycles. The molecule has 0 unspecified atom stereocenters. The standard InChI is InChI=1S/C8H11N5O2/c1-11-4-10-6-5(11)7(14)12(2)8(15)13(6)3-9/h4H,3,9H2,1-2H3. The van der Waals surface area contributed by atoms with Crippen LogP contribution in [0.3, 0.4) is 0 Å². The van der Waals surface area contributed by atoms with Gasteiger partial charge in [0.2, 0.25) is 0 Å². The van der Waals surface area contributed by atoms with Crippen molar-refractivity contribution < 1.29 is 0 Å². The largest absolute Gasteiger partial charge is 0.333 e. The molecule has 80 valence electrons. The Morgan fingerprint density at radius 2 is 2.07 bits per heavy atom. The minimum atomic E-state index is -0.450. The smallest absolute Gasteiger partial charge is 0.328 e. The lowest BCUT2D eigenvalue weighted by atomic mass is 10.5. The number of hydrogen-bond acceptors (Lipinski definition) is 4. The predicted octanol–water partition coefficient (Wildman–Crippen LogP) is -1.65. The lowest BCUT2D eigenvalue weighted by molar-refractivity contribution is 0.636. The predicted molar refractivity (Wildman–Crippen MR) is 54.4 cm³/mol. The summed E-state index contributed by atoms with van der Waals surface area (Å²) in [5.41, 5.74) is 5.34. The maximum absolute atomic E-state index is 11.7. The second-order valence-corrected chi connectivity index (χ2v) is 3.29. The maximum atomic E-state index is 11.7. The number of aromatic nitrogens is 4. The van der Waals surface area contributed by atoms with Gasteiger partial charge in [0.05, 0.1) is 13.0 Å². The zero-order chi connectivity index (χ0) is 11.2. The molecule has 2 aromatic heterocycles. The fourth-order valence-electron chi connectivity index (χ4n) is 1.54. The summed E-state index contributed by atoms with van der Waals surface area (Å²) >= 11 is 0. The van der Waals surface area contributed by atoms with Gasteiger partial charge in [0.25, 0.3) is 5.56 Å². The van der Waals surface area contributed by atoms with Crippen LogP contribution in [0.15, 0.2) is 15.9 Å². The van der Waals surface area contributed by atoms with Crippen molar-refractivity contribution >= 4 is 11.2 Å². The van der Waals surface area contributed by atoms with Gasteiger partial charge in [0.15, 0.2) is 11.2 Å². The second-order valence-electron chi connectivity index (χ2n) is 3.29. The van der Waals surface area contributed by atoms with Gasteiger partial charge in [-0.2, -0.15) is 0 Å². The second kappa shape index (κ2) is 3.06. The Balaban J connectivity index is 3.14. The van der Waals surface area contributed by atoms with Crippen molar-refractivity contribution in [3.63, 3.8) is 0 Å². The third-order valence-corrected chi connectivity index (χ3v) is 2.38. The van der Waals surface area contributed by atoms with Gasteiger partial charge in [0.1, 0.15) is 0 Å². The molecule has 0 radical (unpaired) electrons. The highest BCUT2D eigenvalue weighted by Gasteiger charge is 2.13. The molecule has 7 heteroatoms. The van der Waals surface area contributed by atoms with Crippen molar-refractivity contribution in [1.82, 2.24) is 18.7 Å². The minimum absolute atomic E-state index is 0.000463. The minimum Gasteiger partial charge on any atom is -0.328 e. The fraction of sp³-hybridized carbons (Fsp3) is 0.375. The molecule has 15 heavy (non-hydrogen) atoms. The zero-order valence-corrected chi connectivity index (χ0v) is 8.47. The maximum Gasteiger partial charge on any atom is 0.333 e. The average Bonchev–Trinajstić information content (AvgIpc) is 2.58. The van der Waals surface area contributed by atoms with Gasteiger partial charge in [-0.05, 0) is 0 Å². The summed E-state index contributed by atoms with van der Waals surface area (Å²) in [6, 6.07) is 0. The van der Waals surface area contributed by atoms with Crippen LogP contribution in [0.2, 0.25) is 0 Å². The van der Waals surface area contributed by atoms with Gasteiger partial charge < -0.3 is 10.3 Å². The van der Waals surface area contributed by atoms with Crippen LogP contribution in [0, 0.1) is 0 Å². The fourth-order valence-corrected chi connectivity index (χ4v) is 1.54. The van der Waals surface area contributed by atoms with E-state index in [-0.39, 0.29) is 12.2 Å². The number of nitrogens with zero attached hydrogens (tertiary/aromatic N) is 4. The highest BCUT2D eigenvalue weighted by molar-refractivity contribution is 5.69. The molecule has 0 saturated heterocycles. The van der Waals surface area contributed by atoms with Crippen molar-refractivity contribution in [3.8, 4) is 0 Å². The summed E-state index contributed by atoms with van der Waals surface area (Å²) in [6.07, 6.45) is 1.48. The van der Waals surface area contributed by atoms with Crippen LogP contribution in [0.4, 0.5) is 0 Å². The third-order valence-electron chi connectivity index (χ3n) is 2.38. The Labute approximate surface area is 84.4 Å². The van der Waals surface area contributed by atoms with Crippen LogP contribution in [0.25, 0.3) is 11.2 Å². The monoisotopic (exact) mass is 209 g/mol. The quantitative estimate of drug-likeness (QED) is 0.609. The molecule has 0 amide bonds. The van der Waals surface area contributed by atoms with Crippen LogP contribution in [-0.4, -0.2) is 18.7 Å². The number of fused-ring (bicyclic) bond motifs is 1. The summed E-state index contributed by atoms with van der Waals surface area (Å²) in [7, 11) is 3.12. The summed E-state index contributed by atoms with van der Waals surface area (Å²) in [4.78, 5) is 27.4. The van der Waals surface area contributed by atoms with Crippen LogP contribution in [0.5, 0.6) is 0 Å². The zero-order valence-electron chi connectivity index (χ0n) is 8.47. The molecule has 2 heterocycles. The van der Waals surface area contributed by atoms with E-state index < -0.39 is 5.69 Å². The van der Waals surface area contributed by atoms with Crippen molar-refractivity contribution in [2.75, 3.05) is 0 Å². The molecule has 0 fully saturated rings. The van der Waals surface area contributed by atoms with Crippen molar-refractivity contribution in [1.29, 1.82) is 0 Å². The Kier molecular flexibility index (Phi) is 1.97. The number of hydrogen-bond donors (Lipinski definition) is 1. The molecule has 0 bridgehead atoms. The van der Waals surface area contributed by atoms with E-state index >= 15 is 0 Å². The highest BCUT2D eigenvalue weighted by atomic mass is 16.2. The van der Waals surface area contributed by atoms with Gasteiger partial charge >= 0.3 is 5.69 Å². The van der Waals surface area contributed by atoms with Gasteiger partial charge in [-0.15, -0.1) is 0 Å². The van der Waals surface area contributed by atoms with Crippen molar-refractivity contribution in [2.24, 2.45) is 19.8 Å². The molecule has 0 aliphatic rings. The Morgan fingerprint density at radius 1 is 1.40 bits per heavy atom. The Bertz CT molecular complexity index is 633. The number of aryl methyl sites for hydroxylation is 1. The van der Waals surface area contributed by atoms with E-state index in [1.165, 1.54) is 17.9 Å². The lowest BCUT2D eigenvalue weighted by Gasteiger charge is -2.05. The van der Waals surface area contributed by atoms with E-state index in [1.807, 2.05) is 0 Å². The van der Waals surface area contributed by atoms with E-state index in [0.29, 0.717) is 11.2 Å². The Morgan fingerprint density at radius 3 is 2.67 bits per heavy atom. The van der Waals surface area contributed by atoms with E-state index in [4.69, 9.17) is 5.73 Å². The molecule has 0 spiro atoms. The van der Waals surface area contributed by atoms with Gasteiger partial charge in [0, 0.05) is 14.1 Å². The van der Waals surface area contributed by atoms with Crippen molar-refractivity contribution in [2.45, 2.75) is 6.67 Å². The first-order chi connectivity index (χ1) is 7.07. The molecule has 0 aliphatic heterocycles. The van der Waals surface area contributed by atoms with Crippen LogP contribution in [0.1, 0.15) is 0 Å². The molecule has 0 saturated carbocycles. The van der Waals surface area contributed by atoms with E-state index in [1.54, 1.807) is 11.6 Å². The molecule has 0 aromatic carbocycles. The van der Waals surface area contributed by atoms with E-state index in [9.17, 15) is 9.59 Å². The molecule has 2 N–H and O–H groups in total. The topological polar surface area (TPSA) is 87.8 Å². The SMILES string of the molecule is Cn1c(=O)c2c(ncn2C)n(CN)c1=O. The van der Waals surface area contributed by atoms with Gasteiger partial charge in [-0.25, -0.2) is 9.78 Å². The number of imidazole rings is 1. The van der Waals surface area contributed by atoms with Gasteiger partial charge in [-0.1, -0.05) is 0 Å². The molecule has 0 atom stereocenters. The molecule has 7 nitrogen and oxygen atoms in total. The molecular weight excluding hydrogens is 198 g/mol. The highest BCUT2D eigenvalue weighted by Crippen LogP contribution is 2.02. The first-order valence-corrected chi connectivity index (χ1v) is 4.39. The first-order valence-electron chi connectivity index (χ1n) is 4.39. The van der Waals surface area contributed by atoms with E-state index in [0.717, 1.165) is 4.57 Å². The molecule has 2 aromatic rings. The normalized spacial score (nSPS) is 11.1. The van der Waals surface area contributed by atoms with Crippen LogP contribution < -0.4 is 17.0 Å². The summed E-state index contributed by atoms with van der Waals surface area (Å²) in [5.74, 6) is 0.